The molecule has 3 amide bonds. The van der Waals surface area contributed by atoms with E-state index in [0.29, 0.717) is 0 Å². The highest BCUT2D eigenvalue weighted by Crippen LogP contribution is 2.29. The van der Waals surface area contributed by atoms with Gasteiger partial charge in [0.1, 0.15) is 6.04 Å². The predicted octanol–water partition coefficient (Wildman–Crippen LogP) is 1.18. The van der Waals surface area contributed by atoms with Crippen LogP contribution in [-0.4, -0.2) is 38.1 Å². The number of urea groups is 1. The molecule has 2 rings (SSSR count). The van der Waals surface area contributed by atoms with Crippen molar-refractivity contribution in [3.8, 4) is 0 Å². The van der Waals surface area contributed by atoms with Crippen molar-refractivity contribution >= 4 is 35.7 Å². The highest BCUT2D eigenvalue weighted by atomic mass is 35.5. The second kappa shape index (κ2) is 7.00. The van der Waals surface area contributed by atoms with Crippen LogP contribution in [0.3, 0.4) is 0 Å². The van der Waals surface area contributed by atoms with Gasteiger partial charge in [-0.15, -0.1) is 12.4 Å². The Kier molecular flexibility index (Phi) is 5.64. The third kappa shape index (κ3) is 3.33. The number of anilines is 2. The highest BCUT2D eigenvalue weighted by molar-refractivity contribution is 5.98. The van der Waals surface area contributed by atoms with Crippen molar-refractivity contribution in [1.82, 2.24) is 10.6 Å². The molecule has 6 nitrogen and oxygen atoms in total. The zero-order valence-electron chi connectivity index (χ0n) is 11.5. The fraction of sp³-hybridized carbons (Fsp3) is 0.385. The average molecular weight is 299 g/mol. The van der Waals surface area contributed by atoms with Gasteiger partial charge in [-0.1, -0.05) is 12.1 Å². The van der Waals surface area contributed by atoms with Gasteiger partial charge in [0.05, 0.1) is 11.4 Å². The topological polar surface area (TPSA) is 73.5 Å². The second-order valence-corrected chi connectivity index (χ2v) is 4.38. The van der Waals surface area contributed by atoms with Crippen molar-refractivity contribution < 1.29 is 9.59 Å². The van der Waals surface area contributed by atoms with Crippen molar-refractivity contribution in [1.29, 1.82) is 0 Å². The number of benzene rings is 1. The molecular weight excluding hydrogens is 280 g/mol. The van der Waals surface area contributed by atoms with E-state index < -0.39 is 12.1 Å². The van der Waals surface area contributed by atoms with Gasteiger partial charge in [0.25, 0.3) is 0 Å². The summed E-state index contributed by atoms with van der Waals surface area (Å²) >= 11 is 0. The van der Waals surface area contributed by atoms with E-state index >= 15 is 0 Å². The third-order valence-corrected chi connectivity index (χ3v) is 3.19. The van der Waals surface area contributed by atoms with Gasteiger partial charge in [0, 0.05) is 20.1 Å². The van der Waals surface area contributed by atoms with E-state index in [-0.39, 0.29) is 18.3 Å². The summed E-state index contributed by atoms with van der Waals surface area (Å²) in [6, 6.07) is 6.93. The lowest BCUT2D eigenvalue weighted by Gasteiger charge is -2.35. The number of amides is 3. The van der Waals surface area contributed by atoms with E-state index in [9.17, 15) is 9.59 Å². The molecule has 7 heteroatoms. The summed E-state index contributed by atoms with van der Waals surface area (Å²) in [6.45, 7) is 3.29. The van der Waals surface area contributed by atoms with Crippen LogP contribution in [0.15, 0.2) is 24.3 Å². The Morgan fingerprint density at radius 1 is 1.35 bits per heavy atom. The van der Waals surface area contributed by atoms with E-state index in [1.54, 1.807) is 6.92 Å². The molecule has 0 saturated heterocycles. The monoisotopic (exact) mass is 298 g/mol. The molecule has 3 N–H and O–H groups in total. The molecule has 0 spiro atoms. The Hall–Kier alpha value is -1.95. The van der Waals surface area contributed by atoms with Crippen LogP contribution < -0.4 is 20.9 Å². The van der Waals surface area contributed by atoms with Crippen molar-refractivity contribution in [2.75, 3.05) is 30.4 Å². The van der Waals surface area contributed by atoms with Crippen LogP contribution in [0.25, 0.3) is 0 Å². The van der Waals surface area contributed by atoms with E-state index in [4.69, 9.17) is 0 Å². The number of nitrogens with zero attached hydrogens (tertiary/aromatic N) is 1. The number of halogens is 1. The first-order chi connectivity index (χ1) is 9.13. The van der Waals surface area contributed by atoms with Gasteiger partial charge >= 0.3 is 6.03 Å². The van der Waals surface area contributed by atoms with Gasteiger partial charge in [-0.2, -0.15) is 0 Å². The highest BCUT2D eigenvalue weighted by Gasteiger charge is 2.26. The van der Waals surface area contributed by atoms with Crippen LogP contribution >= 0.6 is 12.4 Å². The zero-order valence-corrected chi connectivity index (χ0v) is 12.3. The number of imide groups is 1. The van der Waals surface area contributed by atoms with Crippen LogP contribution in [0.5, 0.6) is 0 Å². The standard InChI is InChI=1S/C13H18N4O2.ClH/c1-9(12(18)16-13(19)14-2)17-8-7-15-10-5-3-4-6-11(10)17;/h3-6,9,15H,7-8H2,1-2H3,(H2,14,16,18,19);1H. The molecule has 0 aliphatic carbocycles. The van der Waals surface area contributed by atoms with Gasteiger partial charge in [0.2, 0.25) is 5.91 Å². The molecule has 1 aromatic rings. The van der Waals surface area contributed by atoms with Crippen molar-refractivity contribution in [2.45, 2.75) is 13.0 Å². The fourth-order valence-corrected chi connectivity index (χ4v) is 2.13. The molecule has 20 heavy (non-hydrogen) atoms. The SMILES string of the molecule is CNC(=O)NC(=O)C(C)N1CCNc2ccccc21.Cl. The Morgan fingerprint density at radius 2 is 2.05 bits per heavy atom. The molecule has 0 fully saturated rings. The van der Waals surface area contributed by atoms with Gasteiger partial charge in [-0.25, -0.2) is 4.79 Å². The van der Waals surface area contributed by atoms with Crippen LogP contribution in [0.2, 0.25) is 0 Å². The van der Waals surface area contributed by atoms with E-state index in [0.717, 1.165) is 24.5 Å². The van der Waals surface area contributed by atoms with Gasteiger partial charge < -0.3 is 15.5 Å². The minimum Gasteiger partial charge on any atom is -0.382 e. The van der Waals surface area contributed by atoms with Crippen molar-refractivity contribution in [3.63, 3.8) is 0 Å². The molecule has 110 valence electrons. The first kappa shape index (κ1) is 16.1. The Balaban J connectivity index is 0.00000200. The van der Waals surface area contributed by atoms with E-state index in [2.05, 4.69) is 16.0 Å². The zero-order chi connectivity index (χ0) is 13.8. The second-order valence-electron chi connectivity index (χ2n) is 4.38. The van der Waals surface area contributed by atoms with Gasteiger partial charge in [0.15, 0.2) is 0 Å². The molecule has 0 aromatic heterocycles. The Morgan fingerprint density at radius 3 is 2.75 bits per heavy atom. The van der Waals surface area contributed by atoms with Crippen LogP contribution in [0.4, 0.5) is 16.2 Å². The number of carbonyl (C=O) groups is 2. The summed E-state index contributed by atoms with van der Waals surface area (Å²) in [5.41, 5.74) is 1.99. The average Bonchev–Trinajstić information content (AvgIpc) is 2.45. The van der Waals surface area contributed by atoms with Crippen molar-refractivity contribution in [2.24, 2.45) is 0 Å². The lowest BCUT2D eigenvalue weighted by molar-refractivity contribution is -0.121. The minimum atomic E-state index is -0.486. The number of rotatable bonds is 2. The molecule has 1 heterocycles. The summed E-state index contributed by atoms with van der Waals surface area (Å²) in [7, 11) is 1.48. The van der Waals surface area contributed by atoms with E-state index in [1.165, 1.54) is 7.05 Å². The van der Waals surface area contributed by atoms with Gasteiger partial charge in [-0.3, -0.25) is 10.1 Å². The quantitative estimate of drug-likeness (QED) is 0.767. The molecular formula is C13H19ClN4O2. The van der Waals surface area contributed by atoms with Crippen molar-refractivity contribution in [3.05, 3.63) is 24.3 Å². The fourth-order valence-electron chi connectivity index (χ4n) is 2.13. The van der Waals surface area contributed by atoms with Crippen LogP contribution in [0, 0.1) is 0 Å². The smallest absolute Gasteiger partial charge is 0.321 e. The molecule has 1 aliphatic rings. The molecule has 1 unspecified atom stereocenters. The molecule has 0 saturated carbocycles. The lowest BCUT2D eigenvalue weighted by atomic mass is 10.1. The number of carbonyl (C=O) groups excluding carboxylic acids is 2. The van der Waals surface area contributed by atoms with Gasteiger partial charge in [-0.05, 0) is 19.1 Å². The summed E-state index contributed by atoms with van der Waals surface area (Å²) in [4.78, 5) is 25.2. The molecule has 1 aliphatic heterocycles. The summed E-state index contributed by atoms with van der Waals surface area (Å²) in [5.74, 6) is -0.309. The number of hydrogen-bond acceptors (Lipinski definition) is 4. The molecule has 1 atom stereocenters. The Labute approximate surface area is 124 Å². The Bertz CT molecular complexity index is 495. The summed E-state index contributed by atoms with van der Waals surface area (Å²) < 4.78 is 0. The summed E-state index contributed by atoms with van der Waals surface area (Å²) in [6.07, 6.45) is 0. The molecule has 0 bridgehead atoms. The molecule has 1 aromatic carbocycles. The molecule has 0 radical (unpaired) electrons. The normalized spacial score (nSPS) is 14.2. The number of fused-ring (bicyclic) bond motifs is 1. The first-order valence-corrected chi connectivity index (χ1v) is 6.25. The minimum absolute atomic E-state index is 0. The summed E-state index contributed by atoms with van der Waals surface area (Å²) in [5, 5.41) is 7.96. The third-order valence-electron chi connectivity index (χ3n) is 3.19. The van der Waals surface area contributed by atoms with Crippen LogP contribution in [0.1, 0.15) is 6.92 Å². The predicted molar refractivity (Wildman–Crippen MR) is 81.6 cm³/mol. The number of nitrogens with one attached hydrogen (secondary N) is 3. The largest absolute Gasteiger partial charge is 0.382 e. The van der Waals surface area contributed by atoms with Crippen LogP contribution in [-0.2, 0) is 4.79 Å². The maximum absolute atomic E-state index is 12.0. The maximum atomic E-state index is 12.0. The number of hydrogen-bond donors (Lipinski definition) is 3. The van der Waals surface area contributed by atoms with E-state index in [1.807, 2.05) is 29.2 Å². The lowest BCUT2D eigenvalue weighted by Crippen LogP contribution is -2.51. The maximum Gasteiger partial charge on any atom is 0.321 e. The first-order valence-electron chi connectivity index (χ1n) is 6.25. The number of para-hydroxylation sites is 2.